The molecule has 0 spiro atoms. The molecule has 78 valence electrons. The number of benzene rings is 1. The van der Waals surface area contributed by atoms with Gasteiger partial charge >= 0.3 is 0 Å². The maximum Gasteiger partial charge on any atom is 0.115 e. The van der Waals surface area contributed by atoms with Gasteiger partial charge in [0, 0.05) is 0 Å². The van der Waals surface area contributed by atoms with Crippen LogP contribution in [0.2, 0.25) is 0 Å². The topological polar surface area (TPSA) is 60.7 Å². The van der Waals surface area contributed by atoms with Crippen LogP contribution in [0.3, 0.4) is 0 Å². The van der Waals surface area contributed by atoms with E-state index in [1.165, 1.54) is 12.1 Å². The van der Waals surface area contributed by atoms with E-state index < -0.39 is 12.2 Å². The molecule has 2 atom stereocenters. The van der Waals surface area contributed by atoms with Crippen LogP contribution in [0.25, 0.3) is 0 Å². The summed E-state index contributed by atoms with van der Waals surface area (Å²) in [5, 5.41) is 28.3. The number of aromatic hydroxyl groups is 1. The predicted molar refractivity (Wildman–Crippen MR) is 57.5 cm³/mol. The van der Waals surface area contributed by atoms with E-state index in [1.54, 1.807) is 12.1 Å². The van der Waals surface area contributed by atoms with Gasteiger partial charge in [-0.05, 0) is 29.9 Å². The van der Waals surface area contributed by atoms with Gasteiger partial charge in [0.2, 0.25) is 0 Å². The van der Waals surface area contributed by atoms with Crippen molar-refractivity contribution in [2.75, 3.05) is 5.75 Å². The normalized spacial score (nSPS) is 15.1. The van der Waals surface area contributed by atoms with Crippen LogP contribution in [0.15, 0.2) is 24.3 Å². The van der Waals surface area contributed by atoms with E-state index in [0.717, 1.165) is 0 Å². The van der Waals surface area contributed by atoms with Crippen LogP contribution in [0.4, 0.5) is 0 Å². The number of hydrogen-bond donors (Lipinski definition) is 4. The quantitative estimate of drug-likeness (QED) is 0.568. The molecule has 0 aliphatic heterocycles. The molecule has 0 saturated carbocycles. The summed E-state index contributed by atoms with van der Waals surface area (Å²) < 4.78 is 0. The predicted octanol–water partition coefficient (Wildman–Crippen LogP) is 1.11. The minimum atomic E-state index is -0.964. The fourth-order valence-corrected chi connectivity index (χ4v) is 1.49. The molecular weight excluding hydrogens is 200 g/mol. The molecule has 14 heavy (non-hydrogen) atoms. The van der Waals surface area contributed by atoms with Crippen LogP contribution in [0.1, 0.15) is 18.1 Å². The fraction of sp³-hybridized carbons (Fsp3) is 0.400. The Balaban J connectivity index is 2.73. The van der Waals surface area contributed by atoms with Gasteiger partial charge in [0.1, 0.15) is 11.9 Å². The third kappa shape index (κ3) is 2.90. The first-order valence-electron chi connectivity index (χ1n) is 4.41. The Hall–Kier alpha value is -0.710. The van der Waals surface area contributed by atoms with Gasteiger partial charge in [-0.3, -0.25) is 0 Å². The van der Waals surface area contributed by atoms with Gasteiger partial charge in [-0.25, -0.2) is 0 Å². The molecule has 2 unspecified atom stereocenters. The monoisotopic (exact) mass is 214 g/mol. The molecule has 0 radical (unpaired) electrons. The number of aliphatic hydroxyl groups excluding tert-OH is 2. The van der Waals surface area contributed by atoms with Crippen LogP contribution in [0, 0.1) is 0 Å². The zero-order valence-corrected chi connectivity index (χ0v) is 8.56. The van der Waals surface area contributed by atoms with Crippen molar-refractivity contribution in [3.63, 3.8) is 0 Å². The summed E-state index contributed by atoms with van der Waals surface area (Å²) in [5.41, 5.74) is 0.513. The van der Waals surface area contributed by atoms with Crippen LogP contribution in [-0.4, -0.2) is 27.2 Å². The van der Waals surface area contributed by atoms with Gasteiger partial charge in [0.05, 0.1) is 6.10 Å². The molecular formula is C10H14O3S. The Kier molecular flexibility index (Phi) is 4.25. The molecule has 0 aliphatic carbocycles. The maximum absolute atomic E-state index is 9.65. The Labute approximate surface area is 88.4 Å². The first-order valence-corrected chi connectivity index (χ1v) is 5.04. The summed E-state index contributed by atoms with van der Waals surface area (Å²) in [4.78, 5) is 0. The van der Waals surface area contributed by atoms with Crippen molar-refractivity contribution in [1.29, 1.82) is 0 Å². The summed E-state index contributed by atoms with van der Waals surface area (Å²) in [6.45, 7) is 0. The molecule has 0 aliphatic rings. The third-order valence-corrected chi connectivity index (χ3v) is 2.26. The molecule has 0 saturated heterocycles. The second-order valence-corrected chi connectivity index (χ2v) is 3.57. The highest BCUT2D eigenvalue weighted by atomic mass is 32.1. The molecule has 0 amide bonds. The molecule has 3 nitrogen and oxygen atoms in total. The number of hydrogen-bond acceptors (Lipinski definition) is 4. The van der Waals surface area contributed by atoms with E-state index in [4.69, 9.17) is 5.11 Å². The van der Waals surface area contributed by atoms with Crippen LogP contribution in [0.5, 0.6) is 5.75 Å². The molecule has 1 aromatic carbocycles. The van der Waals surface area contributed by atoms with E-state index in [1.807, 2.05) is 0 Å². The molecule has 1 rings (SSSR count). The highest BCUT2D eigenvalue weighted by Gasteiger charge is 2.17. The summed E-state index contributed by atoms with van der Waals surface area (Å²) in [7, 11) is 0. The zero-order chi connectivity index (χ0) is 10.6. The SMILES string of the molecule is Oc1cccc(C(O)C(O)CCS)c1. The smallest absolute Gasteiger partial charge is 0.115 e. The summed E-state index contributed by atoms with van der Waals surface area (Å²) in [6, 6.07) is 6.24. The van der Waals surface area contributed by atoms with Gasteiger partial charge in [-0.2, -0.15) is 12.6 Å². The maximum atomic E-state index is 9.65. The fourth-order valence-electron chi connectivity index (χ4n) is 1.22. The Morgan fingerprint density at radius 3 is 2.57 bits per heavy atom. The Morgan fingerprint density at radius 1 is 1.29 bits per heavy atom. The number of phenols is 1. The second-order valence-electron chi connectivity index (χ2n) is 3.12. The number of aliphatic hydroxyl groups is 2. The van der Waals surface area contributed by atoms with Crippen LogP contribution in [-0.2, 0) is 0 Å². The first kappa shape index (κ1) is 11.4. The lowest BCUT2D eigenvalue weighted by Crippen LogP contribution is -2.18. The lowest BCUT2D eigenvalue weighted by molar-refractivity contribution is 0.0171. The van der Waals surface area contributed by atoms with Gasteiger partial charge in [-0.15, -0.1) is 0 Å². The molecule has 0 bridgehead atoms. The molecule has 0 heterocycles. The lowest BCUT2D eigenvalue weighted by Gasteiger charge is -2.17. The van der Waals surface area contributed by atoms with E-state index in [0.29, 0.717) is 17.7 Å². The molecule has 4 heteroatoms. The minimum absolute atomic E-state index is 0.0830. The molecule has 0 fully saturated rings. The average molecular weight is 214 g/mol. The number of rotatable bonds is 4. The van der Waals surface area contributed by atoms with Crippen molar-refractivity contribution in [2.24, 2.45) is 0 Å². The van der Waals surface area contributed by atoms with Gasteiger partial charge in [-0.1, -0.05) is 12.1 Å². The van der Waals surface area contributed by atoms with E-state index >= 15 is 0 Å². The van der Waals surface area contributed by atoms with E-state index in [-0.39, 0.29) is 5.75 Å². The zero-order valence-electron chi connectivity index (χ0n) is 7.67. The van der Waals surface area contributed by atoms with Crippen molar-refractivity contribution in [3.8, 4) is 5.75 Å². The standard InChI is InChI=1S/C10H14O3S/c11-8-3-1-2-7(6-8)10(13)9(12)4-5-14/h1-3,6,9-14H,4-5H2. The van der Waals surface area contributed by atoms with Crippen LogP contribution >= 0.6 is 12.6 Å². The van der Waals surface area contributed by atoms with Crippen molar-refractivity contribution in [3.05, 3.63) is 29.8 Å². The second kappa shape index (κ2) is 5.24. The first-order chi connectivity index (χ1) is 6.65. The van der Waals surface area contributed by atoms with Crippen molar-refractivity contribution in [2.45, 2.75) is 18.6 Å². The van der Waals surface area contributed by atoms with Crippen molar-refractivity contribution >= 4 is 12.6 Å². The molecule has 1 aromatic rings. The number of phenolic OH excluding ortho intramolecular Hbond substituents is 1. The summed E-state index contributed by atoms with van der Waals surface area (Å²) in [5.74, 6) is 0.594. The third-order valence-electron chi connectivity index (χ3n) is 2.00. The van der Waals surface area contributed by atoms with Crippen molar-refractivity contribution < 1.29 is 15.3 Å². The Morgan fingerprint density at radius 2 is 2.00 bits per heavy atom. The molecule has 0 aromatic heterocycles. The van der Waals surface area contributed by atoms with Crippen molar-refractivity contribution in [1.82, 2.24) is 0 Å². The summed E-state index contributed by atoms with van der Waals surface area (Å²) in [6.07, 6.45) is -1.39. The Bertz CT molecular complexity index is 290. The minimum Gasteiger partial charge on any atom is -0.508 e. The van der Waals surface area contributed by atoms with E-state index in [2.05, 4.69) is 12.6 Å². The van der Waals surface area contributed by atoms with Gasteiger partial charge in [0.25, 0.3) is 0 Å². The molecule has 3 N–H and O–H groups in total. The van der Waals surface area contributed by atoms with Gasteiger partial charge in [0.15, 0.2) is 0 Å². The highest BCUT2D eigenvalue weighted by molar-refractivity contribution is 7.80. The average Bonchev–Trinajstić information content (AvgIpc) is 2.17. The summed E-state index contributed by atoms with van der Waals surface area (Å²) >= 11 is 3.97. The van der Waals surface area contributed by atoms with Crippen LogP contribution < -0.4 is 0 Å². The van der Waals surface area contributed by atoms with Gasteiger partial charge < -0.3 is 15.3 Å². The highest BCUT2D eigenvalue weighted by Crippen LogP contribution is 2.22. The number of thiol groups is 1. The van der Waals surface area contributed by atoms with E-state index in [9.17, 15) is 10.2 Å². The lowest BCUT2D eigenvalue weighted by atomic mass is 10.0. The largest absolute Gasteiger partial charge is 0.508 e.